The van der Waals surface area contributed by atoms with Crippen molar-refractivity contribution in [3.8, 4) is 0 Å². The highest BCUT2D eigenvalue weighted by molar-refractivity contribution is 6.89. The molecular formula is C14H25NSi. The third kappa shape index (κ3) is 4.48. The number of rotatable bonds is 7. The molecule has 0 saturated carbocycles. The summed E-state index contributed by atoms with van der Waals surface area (Å²) in [5.41, 5.74) is 0. The summed E-state index contributed by atoms with van der Waals surface area (Å²) in [6, 6.07) is 7.72. The zero-order valence-electron chi connectivity index (χ0n) is 11.0. The number of aromatic nitrogens is 1. The van der Waals surface area contributed by atoms with Crippen molar-refractivity contribution in [3.05, 3.63) is 24.4 Å². The quantitative estimate of drug-likeness (QED) is 0.515. The van der Waals surface area contributed by atoms with E-state index >= 15 is 0 Å². The van der Waals surface area contributed by atoms with Gasteiger partial charge >= 0.3 is 0 Å². The van der Waals surface area contributed by atoms with Gasteiger partial charge in [0, 0.05) is 11.5 Å². The van der Waals surface area contributed by atoms with E-state index in [1.807, 2.05) is 12.3 Å². The molecular weight excluding hydrogens is 210 g/mol. The van der Waals surface area contributed by atoms with Crippen molar-refractivity contribution in [2.75, 3.05) is 0 Å². The Bertz CT molecular complexity index is 282. The maximum absolute atomic E-state index is 4.53. The van der Waals surface area contributed by atoms with Gasteiger partial charge in [0.15, 0.2) is 0 Å². The summed E-state index contributed by atoms with van der Waals surface area (Å²) in [7, 11) is -1.25. The minimum absolute atomic E-state index is 1.25. The molecule has 0 radical (unpaired) electrons. The molecule has 1 rings (SSSR count). The highest BCUT2D eigenvalue weighted by Gasteiger charge is 2.23. The summed E-state index contributed by atoms with van der Waals surface area (Å²) < 4.78 is 0. The lowest BCUT2D eigenvalue weighted by molar-refractivity contribution is 0.653. The van der Waals surface area contributed by atoms with Crippen LogP contribution in [0, 0.1) is 0 Å². The van der Waals surface area contributed by atoms with Crippen LogP contribution >= 0.6 is 0 Å². The van der Waals surface area contributed by atoms with Crippen molar-refractivity contribution in [3.63, 3.8) is 0 Å². The van der Waals surface area contributed by atoms with Crippen LogP contribution in [0.5, 0.6) is 0 Å². The van der Waals surface area contributed by atoms with Crippen molar-refractivity contribution in [2.24, 2.45) is 0 Å². The first-order chi connectivity index (χ1) is 7.67. The van der Waals surface area contributed by atoms with Crippen molar-refractivity contribution >= 4 is 13.4 Å². The third-order valence-electron chi connectivity index (χ3n) is 3.26. The van der Waals surface area contributed by atoms with Gasteiger partial charge in [-0.25, -0.2) is 0 Å². The number of pyridine rings is 1. The smallest absolute Gasteiger partial charge is 0.104 e. The molecule has 0 fully saturated rings. The van der Waals surface area contributed by atoms with Crippen LogP contribution in [0.2, 0.25) is 19.1 Å². The summed E-state index contributed by atoms with van der Waals surface area (Å²) >= 11 is 0. The second-order valence-electron chi connectivity index (χ2n) is 5.26. The van der Waals surface area contributed by atoms with E-state index < -0.39 is 8.07 Å². The van der Waals surface area contributed by atoms with E-state index in [0.717, 1.165) is 0 Å². The topological polar surface area (TPSA) is 12.9 Å². The maximum Gasteiger partial charge on any atom is 0.104 e. The predicted molar refractivity (Wildman–Crippen MR) is 74.9 cm³/mol. The Hall–Kier alpha value is -0.633. The minimum Gasteiger partial charge on any atom is -0.266 e. The molecule has 0 N–H and O–H groups in total. The van der Waals surface area contributed by atoms with Crippen molar-refractivity contribution in [1.82, 2.24) is 4.98 Å². The van der Waals surface area contributed by atoms with Crippen LogP contribution in [0.15, 0.2) is 24.4 Å². The second kappa shape index (κ2) is 6.84. The number of nitrogens with zero attached hydrogens (tertiary/aromatic N) is 1. The summed E-state index contributed by atoms with van der Waals surface area (Å²) in [6.45, 7) is 7.15. The molecule has 16 heavy (non-hydrogen) atoms. The van der Waals surface area contributed by atoms with Gasteiger partial charge in [0.05, 0.1) is 0 Å². The molecule has 0 aliphatic carbocycles. The summed E-state index contributed by atoms with van der Waals surface area (Å²) in [4.78, 5) is 4.53. The van der Waals surface area contributed by atoms with Gasteiger partial charge in [0.1, 0.15) is 8.07 Å². The van der Waals surface area contributed by atoms with Gasteiger partial charge in [-0.3, -0.25) is 4.98 Å². The second-order valence-corrected chi connectivity index (χ2v) is 10.0. The van der Waals surface area contributed by atoms with E-state index in [1.165, 1.54) is 43.5 Å². The average Bonchev–Trinajstić information content (AvgIpc) is 2.30. The molecule has 0 atom stereocenters. The Morgan fingerprint density at radius 2 is 1.81 bits per heavy atom. The standard InChI is InChI=1S/C14H25NSi/c1-4-5-6-7-10-13-16(2,3)14-11-8-9-12-15-14/h8-9,11-12H,4-7,10,13H2,1-3H3. The fourth-order valence-electron chi connectivity index (χ4n) is 2.06. The third-order valence-corrected chi connectivity index (χ3v) is 6.55. The molecule has 0 saturated heterocycles. The Morgan fingerprint density at radius 3 is 2.44 bits per heavy atom. The van der Waals surface area contributed by atoms with Crippen LogP contribution in [-0.2, 0) is 0 Å². The largest absolute Gasteiger partial charge is 0.266 e. The zero-order chi connectivity index (χ0) is 11.9. The summed E-state index contributed by atoms with van der Waals surface area (Å²) in [5.74, 6) is 0. The first-order valence-corrected chi connectivity index (χ1v) is 9.79. The van der Waals surface area contributed by atoms with Crippen molar-refractivity contribution in [1.29, 1.82) is 0 Å². The lowest BCUT2D eigenvalue weighted by atomic mass is 10.2. The molecule has 1 aromatic rings. The van der Waals surface area contributed by atoms with Crippen LogP contribution in [0.25, 0.3) is 0 Å². The van der Waals surface area contributed by atoms with Gasteiger partial charge in [-0.15, -0.1) is 0 Å². The molecule has 0 spiro atoms. The Balaban J connectivity index is 2.35. The number of hydrogen-bond acceptors (Lipinski definition) is 1. The Kier molecular flexibility index (Phi) is 5.75. The molecule has 90 valence electrons. The van der Waals surface area contributed by atoms with Crippen LogP contribution in [0.3, 0.4) is 0 Å². The van der Waals surface area contributed by atoms with Crippen LogP contribution in [-0.4, -0.2) is 13.1 Å². The fourth-order valence-corrected chi connectivity index (χ4v) is 4.42. The van der Waals surface area contributed by atoms with Crippen molar-refractivity contribution < 1.29 is 0 Å². The van der Waals surface area contributed by atoms with Crippen molar-refractivity contribution in [2.45, 2.75) is 58.2 Å². The van der Waals surface area contributed by atoms with Crippen LogP contribution in [0.4, 0.5) is 0 Å². The summed E-state index contributed by atoms with van der Waals surface area (Å²) in [6.07, 6.45) is 8.85. The first-order valence-electron chi connectivity index (χ1n) is 6.58. The van der Waals surface area contributed by atoms with E-state index in [2.05, 4.69) is 37.1 Å². The van der Waals surface area contributed by atoms with E-state index in [0.29, 0.717) is 0 Å². The number of unbranched alkanes of at least 4 members (excludes halogenated alkanes) is 4. The van der Waals surface area contributed by atoms with Gasteiger partial charge in [-0.1, -0.05) is 64.2 Å². The Morgan fingerprint density at radius 1 is 1.06 bits per heavy atom. The lowest BCUT2D eigenvalue weighted by Gasteiger charge is -2.21. The number of hydrogen-bond donors (Lipinski definition) is 0. The van der Waals surface area contributed by atoms with Crippen LogP contribution < -0.4 is 5.32 Å². The molecule has 2 heteroatoms. The molecule has 0 amide bonds. The van der Waals surface area contributed by atoms with E-state index in [1.54, 1.807) is 0 Å². The summed E-state index contributed by atoms with van der Waals surface area (Å²) in [5, 5.41) is 1.37. The zero-order valence-corrected chi connectivity index (χ0v) is 12.0. The first kappa shape index (κ1) is 13.4. The average molecular weight is 235 g/mol. The van der Waals surface area contributed by atoms with Gasteiger partial charge in [0.25, 0.3) is 0 Å². The molecule has 0 unspecified atom stereocenters. The van der Waals surface area contributed by atoms with E-state index in [4.69, 9.17) is 0 Å². The maximum atomic E-state index is 4.53. The van der Waals surface area contributed by atoms with Gasteiger partial charge < -0.3 is 0 Å². The minimum atomic E-state index is -1.25. The highest BCUT2D eigenvalue weighted by atomic mass is 28.3. The Labute approximate surface area is 101 Å². The lowest BCUT2D eigenvalue weighted by Crippen LogP contribution is -2.42. The fraction of sp³-hybridized carbons (Fsp3) is 0.643. The van der Waals surface area contributed by atoms with E-state index in [-0.39, 0.29) is 0 Å². The molecule has 1 aromatic heterocycles. The van der Waals surface area contributed by atoms with Gasteiger partial charge in [-0.05, 0) is 12.1 Å². The monoisotopic (exact) mass is 235 g/mol. The molecule has 0 bridgehead atoms. The molecule has 1 nitrogen and oxygen atoms in total. The van der Waals surface area contributed by atoms with Gasteiger partial charge in [0.2, 0.25) is 0 Å². The highest BCUT2D eigenvalue weighted by Crippen LogP contribution is 2.15. The predicted octanol–water partition coefficient (Wildman–Crippen LogP) is 3.97. The molecule has 1 heterocycles. The van der Waals surface area contributed by atoms with Crippen LogP contribution in [0.1, 0.15) is 39.0 Å². The normalized spacial score (nSPS) is 11.7. The molecule has 0 aromatic carbocycles. The molecule has 0 aliphatic heterocycles. The van der Waals surface area contributed by atoms with Gasteiger partial charge in [-0.2, -0.15) is 0 Å². The SMILES string of the molecule is CCCCCCC[Si](C)(C)c1ccccn1. The van der Waals surface area contributed by atoms with E-state index in [9.17, 15) is 0 Å². The molecule has 0 aliphatic rings.